The summed E-state index contributed by atoms with van der Waals surface area (Å²) in [5.74, 6) is 0.855. The van der Waals surface area contributed by atoms with E-state index >= 15 is 0 Å². The number of methoxy groups -OCH3 is 3. The molecule has 2 heterocycles. The Hall–Kier alpha value is -4.15. The minimum atomic E-state index is -0.356. The molecule has 0 radical (unpaired) electrons. The Labute approximate surface area is 237 Å². The lowest BCUT2D eigenvalue weighted by Crippen LogP contribution is -2.37. The molecular formula is C30H32N4O5S. The van der Waals surface area contributed by atoms with Crippen LogP contribution in [0.25, 0.3) is 10.2 Å². The van der Waals surface area contributed by atoms with Gasteiger partial charge in [-0.3, -0.25) is 19.8 Å². The zero-order valence-corrected chi connectivity index (χ0v) is 23.5. The van der Waals surface area contributed by atoms with Crippen LogP contribution in [0.4, 0.5) is 10.8 Å². The van der Waals surface area contributed by atoms with E-state index in [1.165, 1.54) is 38.2 Å². The van der Waals surface area contributed by atoms with E-state index in [0.717, 1.165) is 48.4 Å². The molecule has 1 aliphatic heterocycles. The number of thiazole rings is 1. The summed E-state index contributed by atoms with van der Waals surface area (Å²) in [6, 6.07) is 19.2. The van der Waals surface area contributed by atoms with Crippen LogP contribution in [0.15, 0.2) is 60.7 Å². The van der Waals surface area contributed by atoms with Gasteiger partial charge in [-0.2, -0.15) is 0 Å². The van der Waals surface area contributed by atoms with Crippen molar-refractivity contribution in [2.75, 3.05) is 45.1 Å². The van der Waals surface area contributed by atoms with Crippen molar-refractivity contribution in [3.8, 4) is 17.2 Å². The van der Waals surface area contributed by atoms with Crippen molar-refractivity contribution >= 4 is 44.2 Å². The van der Waals surface area contributed by atoms with Crippen LogP contribution in [-0.2, 0) is 11.3 Å². The number of rotatable bonds is 9. The number of hydrogen-bond acceptors (Lipinski definition) is 8. The smallest absolute Gasteiger partial charge is 0.257 e. The molecule has 2 amide bonds. The number of nitrogens with zero attached hydrogens (tertiary/aromatic N) is 2. The highest BCUT2D eigenvalue weighted by Crippen LogP contribution is 2.38. The van der Waals surface area contributed by atoms with Gasteiger partial charge < -0.3 is 19.5 Å². The fourth-order valence-electron chi connectivity index (χ4n) is 4.88. The Bertz CT molecular complexity index is 1470. The maximum Gasteiger partial charge on any atom is 0.257 e. The highest BCUT2D eigenvalue weighted by molar-refractivity contribution is 7.22. The van der Waals surface area contributed by atoms with Crippen molar-refractivity contribution in [3.63, 3.8) is 0 Å². The van der Waals surface area contributed by atoms with Crippen LogP contribution >= 0.6 is 11.3 Å². The maximum atomic E-state index is 13.0. The van der Waals surface area contributed by atoms with Crippen molar-refractivity contribution in [2.24, 2.45) is 5.92 Å². The molecule has 9 nitrogen and oxygen atoms in total. The van der Waals surface area contributed by atoms with E-state index in [-0.39, 0.29) is 17.7 Å². The standard InChI is InChI=1S/C30H32N4O5S/c1-37-24-15-21(16-25(38-2)27(24)39-3)29(36)33-30-32-23-10-9-22(17-26(23)40-30)31-28(35)20-11-13-34(14-12-20)18-19-7-5-4-6-8-19/h4-10,15-17,20H,11-14,18H2,1-3H3,(H,31,35)(H,32,33,36). The summed E-state index contributed by atoms with van der Waals surface area (Å²) in [5, 5.41) is 6.37. The lowest BCUT2D eigenvalue weighted by molar-refractivity contribution is -0.121. The van der Waals surface area contributed by atoms with Crippen molar-refractivity contribution in [1.29, 1.82) is 0 Å². The van der Waals surface area contributed by atoms with E-state index in [0.29, 0.717) is 27.9 Å². The van der Waals surface area contributed by atoms with Crippen LogP contribution in [0, 0.1) is 5.92 Å². The summed E-state index contributed by atoms with van der Waals surface area (Å²) in [4.78, 5) is 32.9. The first-order valence-corrected chi connectivity index (χ1v) is 13.9. The van der Waals surface area contributed by atoms with E-state index in [4.69, 9.17) is 14.2 Å². The zero-order valence-electron chi connectivity index (χ0n) is 22.7. The molecule has 1 saturated heterocycles. The first-order valence-electron chi connectivity index (χ1n) is 13.1. The number of nitrogens with one attached hydrogen (secondary N) is 2. The number of likely N-dealkylation sites (tertiary alicyclic amines) is 1. The first kappa shape index (κ1) is 27.4. The predicted octanol–water partition coefficient (Wildman–Crippen LogP) is 5.43. The van der Waals surface area contributed by atoms with Crippen LogP contribution in [0.1, 0.15) is 28.8 Å². The number of aromatic nitrogens is 1. The molecule has 0 spiro atoms. The van der Waals surface area contributed by atoms with Crippen molar-refractivity contribution in [3.05, 3.63) is 71.8 Å². The quantitative estimate of drug-likeness (QED) is 0.282. The fraction of sp³-hybridized carbons (Fsp3) is 0.300. The summed E-state index contributed by atoms with van der Waals surface area (Å²) < 4.78 is 16.9. The van der Waals surface area contributed by atoms with Crippen molar-refractivity contribution in [2.45, 2.75) is 19.4 Å². The van der Waals surface area contributed by atoms with Gasteiger partial charge in [0, 0.05) is 23.7 Å². The Morgan fingerprint density at radius 3 is 2.27 bits per heavy atom. The highest BCUT2D eigenvalue weighted by atomic mass is 32.1. The number of benzene rings is 3. The predicted molar refractivity (Wildman–Crippen MR) is 157 cm³/mol. The van der Waals surface area contributed by atoms with E-state index in [2.05, 4.69) is 44.8 Å². The summed E-state index contributed by atoms with van der Waals surface area (Å²) in [6.45, 7) is 2.71. The highest BCUT2D eigenvalue weighted by Gasteiger charge is 2.25. The SMILES string of the molecule is COc1cc(C(=O)Nc2nc3ccc(NC(=O)C4CCN(Cc5ccccc5)CC4)cc3s2)cc(OC)c1OC. The summed E-state index contributed by atoms with van der Waals surface area (Å²) >= 11 is 1.34. The summed E-state index contributed by atoms with van der Waals surface area (Å²) in [5.41, 5.74) is 3.09. The van der Waals surface area contributed by atoms with Gasteiger partial charge in [-0.05, 0) is 61.8 Å². The minimum absolute atomic E-state index is 0.0162. The Balaban J connectivity index is 1.20. The second kappa shape index (κ2) is 12.4. The lowest BCUT2D eigenvalue weighted by atomic mass is 9.95. The molecule has 0 aliphatic carbocycles. The van der Waals surface area contributed by atoms with Crippen molar-refractivity contribution in [1.82, 2.24) is 9.88 Å². The average Bonchev–Trinajstić information content (AvgIpc) is 3.38. The number of piperidine rings is 1. The number of fused-ring (bicyclic) bond motifs is 1. The number of carbonyl (C=O) groups excluding carboxylic acids is 2. The lowest BCUT2D eigenvalue weighted by Gasteiger charge is -2.31. The maximum absolute atomic E-state index is 13.0. The third-order valence-corrected chi connectivity index (χ3v) is 7.94. The van der Waals surface area contributed by atoms with Gasteiger partial charge in [0.15, 0.2) is 16.6 Å². The second-order valence-corrected chi connectivity index (χ2v) is 10.6. The van der Waals surface area contributed by atoms with Crippen LogP contribution in [0.3, 0.4) is 0 Å². The molecule has 1 aliphatic rings. The van der Waals surface area contributed by atoms with Gasteiger partial charge in [-0.25, -0.2) is 4.98 Å². The molecule has 1 fully saturated rings. The van der Waals surface area contributed by atoms with E-state index in [9.17, 15) is 9.59 Å². The number of anilines is 2. The van der Waals surface area contributed by atoms with Crippen molar-refractivity contribution < 1.29 is 23.8 Å². The number of carbonyl (C=O) groups is 2. The monoisotopic (exact) mass is 560 g/mol. The number of hydrogen-bond donors (Lipinski definition) is 2. The van der Waals surface area contributed by atoms with Crippen LogP contribution in [0.5, 0.6) is 17.2 Å². The molecule has 0 saturated carbocycles. The van der Waals surface area contributed by atoms with Crippen LogP contribution in [-0.4, -0.2) is 56.1 Å². The number of amides is 2. The first-order chi connectivity index (χ1) is 19.5. The molecule has 1 aromatic heterocycles. The molecule has 3 aromatic carbocycles. The minimum Gasteiger partial charge on any atom is -0.493 e. The second-order valence-electron chi connectivity index (χ2n) is 9.59. The Morgan fingerprint density at radius 1 is 0.925 bits per heavy atom. The molecule has 208 valence electrons. The molecule has 5 rings (SSSR count). The molecule has 0 unspecified atom stereocenters. The van der Waals surface area contributed by atoms with Gasteiger partial charge in [0.1, 0.15) is 0 Å². The largest absolute Gasteiger partial charge is 0.493 e. The van der Waals surface area contributed by atoms with Crippen LogP contribution < -0.4 is 24.8 Å². The zero-order chi connectivity index (χ0) is 28.1. The topological polar surface area (TPSA) is 102 Å². The fourth-order valence-corrected chi connectivity index (χ4v) is 5.78. The third kappa shape index (κ3) is 6.19. The summed E-state index contributed by atoms with van der Waals surface area (Å²) in [6.07, 6.45) is 1.66. The normalized spacial score (nSPS) is 14.1. The Kier molecular flexibility index (Phi) is 8.47. The van der Waals surface area contributed by atoms with Gasteiger partial charge in [0.2, 0.25) is 11.7 Å². The average molecular weight is 561 g/mol. The molecule has 0 atom stereocenters. The van der Waals surface area contributed by atoms with Gasteiger partial charge in [0.25, 0.3) is 5.91 Å². The van der Waals surface area contributed by atoms with Gasteiger partial charge in [-0.15, -0.1) is 0 Å². The molecule has 2 N–H and O–H groups in total. The van der Waals surface area contributed by atoms with E-state index < -0.39 is 0 Å². The van der Waals surface area contributed by atoms with E-state index in [1.54, 1.807) is 12.1 Å². The molecule has 40 heavy (non-hydrogen) atoms. The molecule has 4 aromatic rings. The van der Waals surface area contributed by atoms with Crippen LogP contribution in [0.2, 0.25) is 0 Å². The third-order valence-electron chi connectivity index (χ3n) is 7.01. The molecular weight excluding hydrogens is 528 g/mol. The van der Waals surface area contributed by atoms with Gasteiger partial charge in [0.05, 0.1) is 31.5 Å². The molecule has 0 bridgehead atoms. The van der Waals surface area contributed by atoms with E-state index in [1.807, 2.05) is 24.3 Å². The Morgan fingerprint density at radius 2 is 1.62 bits per heavy atom. The van der Waals surface area contributed by atoms with Gasteiger partial charge >= 0.3 is 0 Å². The molecule has 10 heteroatoms. The summed E-state index contributed by atoms with van der Waals surface area (Å²) in [7, 11) is 4.50. The number of ether oxygens (including phenoxy) is 3. The van der Waals surface area contributed by atoms with Gasteiger partial charge in [-0.1, -0.05) is 41.7 Å².